The number of hydrogen-bond acceptors (Lipinski definition) is 3. The number of nitrogens with two attached hydrogens (primary N) is 1. The van der Waals surface area contributed by atoms with Gasteiger partial charge in [-0.15, -0.1) is 0 Å². The molecule has 0 aliphatic carbocycles. The molecule has 2 N–H and O–H groups in total. The molecule has 4 heteroatoms. The van der Waals surface area contributed by atoms with Crippen LogP contribution >= 0.6 is 0 Å². The predicted octanol–water partition coefficient (Wildman–Crippen LogP) is 4.35. The van der Waals surface area contributed by atoms with Crippen molar-refractivity contribution in [3.8, 4) is 11.4 Å². The van der Waals surface area contributed by atoms with E-state index < -0.39 is 0 Å². The Hall–Kier alpha value is -3.14. The molecule has 0 saturated carbocycles. The van der Waals surface area contributed by atoms with Crippen molar-refractivity contribution >= 4 is 16.9 Å². The highest BCUT2D eigenvalue weighted by Gasteiger charge is 2.17. The minimum Gasteiger partial charge on any atom is -0.383 e. The molecule has 2 aromatic heterocycles. The number of nitrogen functional groups attached to an aromatic ring is 1. The Kier molecular flexibility index (Phi) is 3.73. The molecule has 0 spiro atoms. The van der Waals surface area contributed by atoms with Crippen molar-refractivity contribution in [2.24, 2.45) is 0 Å². The summed E-state index contributed by atoms with van der Waals surface area (Å²) >= 11 is 0. The van der Waals surface area contributed by atoms with Crippen LogP contribution in [0.2, 0.25) is 0 Å². The van der Waals surface area contributed by atoms with Gasteiger partial charge < -0.3 is 10.3 Å². The van der Waals surface area contributed by atoms with Crippen molar-refractivity contribution in [2.75, 3.05) is 5.73 Å². The standard InChI is InChI=1S/C21H20N4/c1-14-15(2)25(13-16-9-5-3-6-10-16)21-18(14)19(22)23-20(24-21)17-11-7-4-8-12-17/h3-12H,13H2,1-2H3,(H2,22,23,24). The summed E-state index contributed by atoms with van der Waals surface area (Å²) in [7, 11) is 0. The Morgan fingerprint density at radius 1 is 0.880 bits per heavy atom. The maximum atomic E-state index is 6.31. The summed E-state index contributed by atoms with van der Waals surface area (Å²) < 4.78 is 2.23. The van der Waals surface area contributed by atoms with E-state index in [0.29, 0.717) is 11.6 Å². The minimum absolute atomic E-state index is 0.538. The van der Waals surface area contributed by atoms with Crippen molar-refractivity contribution in [1.82, 2.24) is 14.5 Å². The summed E-state index contributed by atoms with van der Waals surface area (Å²) in [5.41, 5.74) is 11.7. The molecule has 0 radical (unpaired) electrons. The van der Waals surface area contributed by atoms with Crippen LogP contribution in [0.25, 0.3) is 22.4 Å². The molecule has 2 heterocycles. The van der Waals surface area contributed by atoms with E-state index in [4.69, 9.17) is 10.7 Å². The number of aromatic nitrogens is 3. The van der Waals surface area contributed by atoms with Crippen LogP contribution in [0.5, 0.6) is 0 Å². The fourth-order valence-corrected chi connectivity index (χ4v) is 3.24. The summed E-state index contributed by atoms with van der Waals surface area (Å²) in [6, 6.07) is 20.4. The second-order valence-electron chi connectivity index (χ2n) is 6.28. The zero-order valence-electron chi connectivity index (χ0n) is 14.4. The zero-order chi connectivity index (χ0) is 17.4. The molecular weight excluding hydrogens is 308 g/mol. The smallest absolute Gasteiger partial charge is 0.163 e. The third-order valence-corrected chi connectivity index (χ3v) is 4.71. The topological polar surface area (TPSA) is 56.7 Å². The Morgan fingerprint density at radius 2 is 1.52 bits per heavy atom. The second kappa shape index (κ2) is 6.06. The van der Waals surface area contributed by atoms with Crippen molar-refractivity contribution in [3.63, 3.8) is 0 Å². The van der Waals surface area contributed by atoms with Crippen LogP contribution in [0.1, 0.15) is 16.8 Å². The molecule has 124 valence electrons. The Balaban J connectivity index is 1.93. The normalized spacial score (nSPS) is 11.1. The summed E-state index contributed by atoms with van der Waals surface area (Å²) in [6.45, 7) is 4.96. The maximum absolute atomic E-state index is 6.31. The van der Waals surface area contributed by atoms with Gasteiger partial charge in [-0.3, -0.25) is 0 Å². The lowest BCUT2D eigenvalue weighted by Gasteiger charge is -2.09. The summed E-state index contributed by atoms with van der Waals surface area (Å²) in [5.74, 6) is 1.20. The van der Waals surface area contributed by atoms with Crippen LogP contribution in [-0.4, -0.2) is 14.5 Å². The van der Waals surface area contributed by atoms with Gasteiger partial charge in [0.2, 0.25) is 0 Å². The first kappa shape index (κ1) is 15.4. The largest absolute Gasteiger partial charge is 0.383 e. The highest BCUT2D eigenvalue weighted by molar-refractivity contribution is 5.92. The minimum atomic E-state index is 0.538. The van der Waals surface area contributed by atoms with E-state index in [9.17, 15) is 0 Å². The van der Waals surface area contributed by atoms with E-state index in [1.54, 1.807) is 0 Å². The molecule has 0 aliphatic rings. The van der Waals surface area contributed by atoms with Crippen LogP contribution in [0, 0.1) is 13.8 Å². The van der Waals surface area contributed by atoms with Crippen LogP contribution in [-0.2, 0) is 6.54 Å². The molecule has 0 unspecified atom stereocenters. The number of fused-ring (bicyclic) bond motifs is 1. The fraction of sp³-hybridized carbons (Fsp3) is 0.143. The lowest BCUT2D eigenvalue weighted by Crippen LogP contribution is -2.04. The molecule has 4 rings (SSSR count). The van der Waals surface area contributed by atoms with Crippen molar-refractivity contribution in [2.45, 2.75) is 20.4 Å². The lowest BCUT2D eigenvalue weighted by molar-refractivity contribution is 0.790. The van der Waals surface area contributed by atoms with Gasteiger partial charge in [-0.05, 0) is 25.0 Å². The molecule has 0 bridgehead atoms. The first-order chi connectivity index (χ1) is 12.1. The number of rotatable bonds is 3. The number of anilines is 1. The molecule has 0 aliphatic heterocycles. The van der Waals surface area contributed by atoms with Crippen molar-refractivity contribution in [3.05, 3.63) is 77.5 Å². The van der Waals surface area contributed by atoms with Gasteiger partial charge >= 0.3 is 0 Å². The molecule has 0 amide bonds. The third kappa shape index (κ3) is 2.66. The van der Waals surface area contributed by atoms with Crippen LogP contribution in [0.15, 0.2) is 60.7 Å². The van der Waals surface area contributed by atoms with Crippen LogP contribution in [0.3, 0.4) is 0 Å². The van der Waals surface area contributed by atoms with Gasteiger partial charge in [-0.2, -0.15) is 0 Å². The Bertz CT molecular complexity index is 1030. The van der Waals surface area contributed by atoms with Gasteiger partial charge in [0.25, 0.3) is 0 Å². The molecular formula is C21H20N4. The van der Waals surface area contributed by atoms with E-state index >= 15 is 0 Å². The molecule has 2 aromatic carbocycles. The fourth-order valence-electron chi connectivity index (χ4n) is 3.24. The number of hydrogen-bond donors (Lipinski definition) is 1. The van der Waals surface area contributed by atoms with E-state index in [2.05, 4.69) is 47.7 Å². The molecule has 4 aromatic rings. The molecule has 0 fully saturated rings. The van der Waals surface area contributed by atoms with Gasteiger partial charge in [0.1, 0.15) is 11.5 Å². The van der Waals surface area contributed by atoms with Gasteiger partial charge in [0.05, 0.1) is 5.39 Å². The summed E-state index contributed by atoms with van der Waals surface area (Å²) in [4.78, 5) is 9.40. The SMILES string of the molecule is Cc1c(C)n(Cc2ccccc2)c2nc(-c3ccccc3)nc(N)c12. The molecule has 4 nitrogen and oxygen atoms in total. The Morgan fingerprint density at radius 3 is 2.20 bits per heavy atom. The second-order valence-corrected chi connectivity index (χ2v) is 6.28. The summed E-state index contributed by atoms with van der Waals surface area (Å²) in [5, 5.41) is 0.952. The average molecular weight is 328 g/mol. The maximum Gasteiger partial charge on any atom is 0.163 e. The Labute approximate surface area is 147 Å². The quantitative estimate of drug-likeness (QED) is 0.608. The van der Waals surface area contributed by atoms with Crippen LogP contribution < -0.4 is 5.73 Å². The van der Waals surface area contributed by atoms with E-state index in [1.165, 1.54) is 11.3 Å². The number of benzene rings is 2. The monoisotopic (exact) mass is 328 g/mol. The number of aryl methyl sites for hydroxylation is 1. The van der Waals surface area contributed by atoms with Gasteiger partial charge in [-0.1, -0.05) is 60.7 Å². The van der Waals surface area contributed by atoms with Gasteiger partial charge in [0, 0.05) is 17.8 Å². The van der Waals surface area contributed by atoms with Gasteiger partial charge in [-0.25, -0.2) is 9.97 Å². The lowest BCUT2D eigenvalue weighted by atomic mass is 10.2. The first-order valence-electron chi connectivity index (χ1n) is 8.37. The number of nitrogens with zero attached hydrogens (tertiary/aromatic N) is 3. The molecule has 0 atom stereocenters. The van der Waals surface area contributed by atoms with Crippen LogP contribution in [0.4, 0.5) is 5.82 Å². The predicted molar refractivity (Wildman–Crippen MR) is 102 cm³/mol. The van der Waals surface area contributed by atoms with Gasteiger partial charge in [0.15, 0.2) is 5.82 Å². The highest BCUT2D eigenvalue weighted by atomic mass is 15.1. The first-order valence-corrected chi connectivity index (χ1v) is 8.37. The van der Waals surface area contributed by atoms with Crippen molar-refractivity contribution < 1.29 is 0 Å². The van der Waals surface area contributed by atoms with Crippen molar-refractivity contribution in [1.29, 1.82) is 0 Å². The zero-order valence-corrected chi connectivity index (χ0v) is 14.4. The van der Waals surface area contributed by atoms with E-state index in [-0.39, 0.29) is 0 Å². The molecule has 25 heavy (non-hydrogen) atoms. The third-order valence-electron chi connectivity index (χ3n) is 4.71. The molecule has 0 saturated heterocycles. The summed E-state index contributed by atoms with van der Waals surface area (Å²) in [6.07, 6.45) is 0. The van der Waals surface area contributed by atoms with E-state index in [1.807, 2.05) is 36.4 Å². The highest BCUT2D eigenvalue weighted by Crippen LogP contribution is 2.30. The van der Waals surface area contributed by atoms with E-state index in [0.717, 1.165) is 28.7 Å². The average Bonchev–Trinajstić information content (AvgIpc) is 2.88.